The van der Waals surface area contributed by atoms with Crippen LogP contribution in [0.1, 0.15) is 31.5 Å². The van der Waals surface area contributed by atoms with Gasteiger partial charge in [-0.15, -0.1) is 24.0 Å². The second kappa shape index (κ2) is 12.9. The fourth-order valence-electron chi connectivity index (χ4n) is 2.58. The van der Waals surface area contributed by atoms with Crippen molar-refractivity contribution in [3.63, 3.8) is 0 Å². The molecule has 0 spiro atoms. The Bertz CT molecular complexity index is 897. The van der Waals surface area contributed by atoms with Gasteiger partial charge >= 0.3 is 0 Å². The van der Waals surface area contributed by atoms with E-state index in [2.05, 4.69) is 20.6 Å². The van der Waals surface area contributed by atoms with Crippen LogP contribution in [0.15, 0.2) is 39.9 Å². The van der Waals surface area contributed by atoms with Crippen LogP contribution in [0.3, 0.4) is 0 Å². The lowest BCUT2D eigenvalue weighted by Crippen LogP contribution is -2.39. The molecule has 10 heteroatoms. The Morgan fingerprint density at radius 2 is 1.90 bits per heavy atom. The largest absolute Gasteiger partial charge is 0.444 e. The highest BCUT2D eigenvalue weighted by Gasteiger charge is 2.14. The van der Waals surface area contributed by atoms with Crippen molar-refractivity contribution in [1.29, 1.82) is 0 Å². The molecule has 0 radical (unpaired) electrons. The number of guanidine groups is 1. The lowest BCUT2D eigenvalue weighted by molar-refractivity contribution is 0.461. The van der Waals surface area contributed by atoms with Crippen LogP contribution in [0.2, 0.25) is 0 Å². The van der Waals surface area contributed by atoms with Crippen molar-refractivity contribution >= 4 is 40.0 Å². The Morgan fingerprint density at radius 3 is 2.53 bits per heavy atom. The van der Waals surface area contributed by atoms with E-state index in [1.54, 1.807) is 20.2 Å². The van der Waals surface area contributed by atoms with E-state index >= 15 is 0 Å². The van der Waals surface area contributed by atoms with Crippen LogP contribution in [0.5, 0.6) is 0 Å². The van der Waals surface area contributed by atoms with E-state index in [4.69, 9.17) is 4.42 Å². The molecule has 1 aromatic heterocycles. The van der Waals surface area contributed by atoms with Gasteiger partial charge in [0.05, 0.1) is 12.3 Å². The van der Waals surface area contributed by atoms with Crippen LogP contribution in [0.4, 0.5) is 0 Å². The number of hydrogen-bond donors (Lipinski definition) is 2. The minimum absolute atomic E-state index is 0. The Kier molecular flexibility index (Phi) is 11.3. The highest BCUT2D eigenvalue weighted by atomic mass is 127. The summed E-state index contributed by atoms with van der Waals surface area (Å²) < 4.78 is 30.5. The standard InChI is InChI=1S/C20H31N5O3S.HI/c1-5-21-20(22-12-7-13-25(4)29(26,27)6-2)23-14-18-15-28-19(24-18)17-10-8-16(3)9-11-17;/h8-11,15H,5-7,12-14H2,1-4H3,(H2,21,22,23);1H. The third-order valence-corrected chi connectivity index (χ3v) is 6.24. The fraction of sp³-hybridized carbons (Fsp3) is 0.500. The first-order valence-electron chi connectivity index (χ1n) is 9.83. The molecule has 2 aromatic rings. The third-order valence-electron chi connectivity index (χ3n) is 4.38. The zero-order valence-electron chi connectivity index (χ0n) is 18.0. The van der Waals surface area contributed by atoms with E-state index in [-0.39, 0.29) is 29.7 Å². The van der Waals surface area contributed by atoms with Crippen LogP contribution in [0, 0.1) is 6.92 Å². The van der Waals surface area contributed by atoms with E-state index in [0.29, 0.717) is 37.9 Å². The van der Waals surface area contributed by atoms with E-state index in [0.717, 1.165) is 17.8 Å². The molecule has 2 rings (SSSR count). The van der Waals surface area contributed by atoms with Gasteiger partial charge < -0.3 is 15.1 Å². The van der Waals surface area contributed by atoms with Gasteiger partial charge in [0.25, 0.3) is 0 Å². The smallest absolute Gasteiger partial charge is 0.226 e. The second-order valence-corrected chi connectivity index (χ2v) is 9.07. The van der Waals surface area contributed by atoms with Crippen molar-refractivity contribution < 1.29 is 12.8 Å². The van der Waals surface area contributed by atoms with Crippen LogP contribution >= 0.6 is 24.0 Å². The number of aliphatic imine (C=N–C) groups is 1. The predicted octanol–water partition coefficient (Wildman–Crippen LogP) is 2.99. The molecule has 0 aliphatic carbocycles. The zero-order valence-corrected chi connectivity index (χ0v) is 21.2. The second-order valence-electron chi connectivity index (χ2n) is 6.71. The van der Waals surface area contributed by atoms with Gasteiger partial charge in [-0.1, -0.05) is 17.7 Å². The maximum absolute atomic E-state index is 11.8. The summed E-state index contributed by atoms with van der Waals surface area (Å²) in [4.78, 5) is 9.02. The number of rotatable bonds is 10. The minimum Gasteiger partial charge on any atom is -0.444 e. The molecule has 0 amide bonds. The summed E-state index contributed by atoms with van der Waals surface area (Å²) in [5.74, 6) is 1.35. The number of hydrogen-bond acceptors (Lipinski definition) is 5. The Hall–Kier alpha value is -1.66. The maximum Gasteiger partial charge on any atom is 0.226 e. The molecule has 8 nitrogen and oxygen atoms in total. The molecule has 0 atom stereocenters. The Morgan fingerprint density at radius 1 is 1.20 bits per heavy atom. The Labute approximate surface area is 196 Å². The number of nitrogens with one attached hydrogen (secondary N) is 2. The average molecular weight is 549 g/mol. The molecule has 0 saturated heterocycles. The first kappa shape index (κ1) is 26.4. The summed E-state index contributed by atoms with van der Waals surface area (Å²) >= 11 is 0. The van der Waals surface area contributed by atoms with Crippen molar-refractivity contribution in [3.05, 3.63) is 41.8 Å². The molecule has 30 heavy (non-hydrogen) atoms. The number of nitrogens with zero attached hydrogens (tertiary/aromatic N) is 3. The fourth-order valence-corrected chi connectivity index (χ4v) is 3.43. The molecule has 0 unspecified atom stereocenters. The number of halogens is 1. The third kappa shape index (κ3) is 8.23. The molecule has 0 aliphatic heterocycles. The maximum atomic E-state index is 11.8. The quantitative estimate of drug-likeness (QED) is 0.205. The van der Waals surface area contributed by atoms with Gasteiger partial charge in [-0.3, -0.25) is 0 Å². The first-order valence-corrected chi connectivity index (χ1v) is 11.4. The predicted molar refractivity (Wildman–Crippen MR) is 132 cm³/mol. The van der Waals surface area contributed by atoms with Crippen molar-refractivity contribution in [2.75, 3.05) is 32.4 Å². The van der Waals surface area contributed by atoms with Gasteiger partial charge in [0.15, 0.2) is 5.96 Å². The normalized spacial score (nSPS) is 12.0. The number of oxazole rings is 1. The Balaban J connectivity index is 0.00000450. The number of benzene rings is 1. The molecule has 0 saturated carbocycles. The SMILES string of the molecule is CCNC(=NCc1coc(-c2ccc(C)cc2)n1)NCCCN(C)S(=O)(=O)CC.I. The summed E-state index contributed by atoms with van der Waals surface area (Å²) in [5, 5.41) is 6.40. The van der Waals surface area contributed by atoms with Crippen molar-refractivity contribution in [3.8, 4) is 11.5 Å². The zero-order chi connectivity index (χ0) is 21.3. The molecule has 1 aromatic carbocycles. The lowest BCUT2D eigenvalue weighted by atomic mass is 10.1. The first-order chi connectivity index (χ1) is 13.9. The topological polar surface area (TPSA) is 99.8 Å². The average Bonchev–Trinajstić information content (AvgIpc) is 3.18. The molecule has 1 heterocycles. The van der Waals surface area contributed by atoms with E-state index in [9.17, 15) is 8.42 Å². The molecular formula is C20H32IN5O3S. The van der Waals surface area contributed by atoms with Crippen LogP contribution in [0.25, 0.3) is 11.5 Å². The minimum atomic E-state index is -3.14. The molecule has 168 valence electrons. The van der Waals surface area contributed by atoms with E-state index < -0.39 is 10.0 Å². The van der Waals surface area contributed by atoms with Gasteiger partial charge in [0.1, 0.15) is 12.0 Å². The number of sulfonamides is 1. The van der Waals surface area contributed by atoms with Gasteiger partial charge in [0, 0.05) is 32.2 Å². The molecular weight excluding hydrogens is 517 g/mol. The summed E-state index contributed by atoms with van der Waals surface area (Å²) in [5.41, 5.74) is 2.86. The van der Waals surface area contributed by atoms with Crippen LogP contribution in [-0.2, 0) is 16.6 Å². The molecule has 0 bridgehead atoms. The summed E-state index contributed by atoms with van der Waals surface area (Å²) in [6.45, 7) is 7.86. The molecule has 2 N–H and O–H groups in total. The van der Waals surface area contributed by atoms with Crippen molar-refractivity contribution in [2.45, 2.75) is 33.7 Å². The van der Waals surface area contributed by atoms with Crippen LogP contribution < -0.4 is 10.6 Å². The molecule has 0 fully saturated rings. The van der Waals surface area contributed by atoms with Crippen molar-refractivity contribution in [2.24, 2.45) is 4.99 Å². The summed E-state index contributed by atoms with van der Waals surface area (Å²) in [6, 6.07) is 8.01. The highest BCUT2D eigenvalue weighted by molar-refractivity contribution is 14.0. The summed E-state index contributed by atoms with van der Waals surface area (Å²) in [7, 11) is -1.53. The van der Waals surface area contributed by atoms with Crippen LogP contribution in [-0.4, -0.2) is 56.1 Å². The van der Waals surface area contributed by atoms with Gasteiger partial charge in [-0.2, -0.15) is 0 Å². The van der Waals surface area contributed by atoms with Crippen molar-refractivity contribution in [1.82, 2.24) is 19.9 Å². The summed E-state index contributed by atoms with van der Waals surface area (Å²) in [6.07, 6.45) is 2.30. The van der Waals surface area contributed by atoms with E-state index in [1.165, 1.54) is 9.87 Å². The number of aromatic nitrogens is 1. The van der Waals surface area contributed by atoms with Gasteiger partial charge in [-0.25, -0.2) is 22.7 Å². The molecule has 0 aliphatic rings. The lowest BCUT2D eigenvalue weighted by Gasteiger charge is -2.16. The monoisotopic (exact) mass is 549 g/mol. The van der Waals surface area contributed by atoms with E-state index in [1.807, 2.05) is 38.1 Å². The van der Waals surface area contributed by atoms with Gasteiger partial charge in [-0.05, 0) is 39.3 Å². The van der Waals surface area contributed by atoms with Gasteiger partial charge in [0.2, 0.25) is 15.9 Å². The highest BCUT2D eigenvalue weighted by Crippen LogP contribution is 2.19. The number of aryl methyl sites for hydroxylation is 1.